The van der Waals surface area contributed by atoms with E-state index < -0.39 is 17.7 Å². The summed E-state index contributed by atoms with van der Waals surface area (Å²) < 4.78 is 22.7. The summed E-state index contributed by atoms with van der Waals surface area (Å²) in [6, 6.07) is 14.8. The van der Waals surface area contributed by atoms with Crippen LogP contribution in [-0.2, 0) is 16.0 Å². The molecule has 1 fully saturated rings. The molecule has 4 aromatic rings. The highest BCUT2D eigenvalue weighted by Gasteiger charge is 2.48. The van der Waals surface area contributed by atoms with Crippen molar-refractivity contribution in [2.45, 2.75) is 19.4 Å². The van der Waals surface area contributed by atoms with Crippen LogP contribution >= 0.6 is 11.3 Å². The Morgan fingerprint density at radius 1 is 0.925 bits per heavy atom. The lowest BCUT2D eigenvalue weighted by atomic mass is 9.94. The van der Waals surface area contributed by atoms with Crippen molar-refractivity contribution in [3.8, 4) is 23.0 Å². The summed E-state index contributed by atoms with van der Waals surface area (Å²) >= 11 is 1.30. The first-order valence-electron chi connectivity index (χ1n) is 12.5. The number of benzene rings is 3. The number of fused-ring (bicyclic) bond motifs is 1. The standard InChI is InChI=1S/C30H28N2O7S/c1-6-16-7-12-20-23(13-16)40-30(31-20)32-25(18-14-21(37-3)28(39-5)22(15-18)38-4)24(27(34)29(32)35)26(33)17-8-10-19(36-2)11-9-17/h7-15,25,33H,6H2,1-5H3/b26-24+. The third-order valence-corrected chi connectivity index (χ3v) is 7.88. The summed E-state index contributed by atoms with van der Waals surface area (Å²) in [5, 5.41) is 11.8. The maximum Gasteiger partial charge on any atom is 0.301 e. The molecule has 1 N–H and O–H groups in total. The Hall–Kier alpha value is -4.57. The predicted octanol–water partition coefficient (Wildman–Crippen LogP) is 5.52. The van der Waals surface area contributed by atoms with Crippen molar-refractivity contribution >= 4 is 44.1 Å². The van der Waals surface area contributed by atoms with Crippen LogP contribution in [0.15, 0.2) is 60.2 Å². The van der Waals surface area contributed by atoms with E-state index in [0.717, 1.165) is 16.7 Å². The number of ether oxygens (including phenoxy) is 4. The summed E-state index contributed by atoms with van der Waals surface area (Å²) in [4.78, 5) is 33.3. The van der Waals surface area contributed by atoms with Gasteiger partial charge in [0.15, 0.2) is 16.6 Å². The number of aromatic nitrogens is 1. The van der Waals surface area contributed by atoms with Crippen molar-refractivity contribution in [3.63, 3.8) is 0 Å². The van der Waals surface area contributed by atoms with Gasteiger partial charge in [-0.2, -0.15) is 0 Å². The van der Waals surface area contributed by atoms with Crippen LogP contribution in [0.5, 0.6) is 23.0 Å². The molecule has 206 valence electrons. The highest BCUT2D eigenvalue weighted by molar-refractivity contribution is 7.22. The van der Waals surface area contributed by atoms with E-state index in [9.17, 15) is 14.7 Å². The second-order valence-electron chi connectivity index (χ2n) is 9.01. The molecule has 5 rings (SSSR count). The van der Waals surface area contributed by atoms with Gasteiger partial charge < -0.3 is 24.1 Å². The van der Waals surface area contributed by atoms with Crippen LogP contribution in [0.4, 0.5) is 5.13 Å². The van der Waals surface area contributed by atoms with Crippen molar-refractivity contribution in [2.24, 2.45) is 0 Å². The van der Waals surface area contributed by atoms with Crippen molar-refractivity contribution in [3.05, 3.63) is 76.9 Å². The number of aliphatic hydroxyl groups excluding tert-OH is 1. The highest BCUT2D eigenvalue weighted by atomic mass is 32.1. The molecule has 1 atom stereocenters. The van der Waals surface area contributed by atoms with Crippen LogP contribution in [0.3, 0.4) is 0 Å². The molecule has 10 heteroatoms. The van der Waals surface area contributed by atoms with Crippen LogP contribution in [0.2, 0.25) is 0 Å². The van der Waals surface area contributed by atoms with E-state index in [-0.39, 0.29) is 11.3 Å². The molecule has 0 bridgehead atoms. The molecule has 3 aromatic carbocycles. The Kier molecular flexibility index (Phi) is 7.36. The highest BCUT2D eigenvalue weighted by Crippen LogP contribution is 2.48. The van der Waals surface area contributed by atoms with Crippen LogP contribution in [0.1, 0.15) is 29.7 Å². The van der Waals surface area contributed by atoms with E-state index in [1.54, 1.807) is 36.4 Å². The van der Waals surface area contributed by atoms with E-state index in [1.165, 1.54) is 44.7 Å². The van der Waals surface area contributed by atoms with Gasteiger partial charge in [0.1, 0.15) is 11.5 Å². The lowest BCUT2D eigenvalue weighted by Crippen LogP contribution is -2.29. The predicted molar refractivity (Wildman–Crippen MR) is 153 cm³/mol. The average Bonchev–Trinajstić information content (AvgIpc) is 3.53. The minimum Gasteiger partial charge on any atom is -0.507 e. The second kappa shape index (κ2) is 10.9. The number of anilines is 1. The number of Topliss-reactive ketones (excluding diaryl/α,β-unsaturated/α-hetero) is 1. The molecule has 1 aliphatic heterocycles. The summed E-state index contributed by atoms with van der Waals surface area (Å²) in [7, 11) is 5.98. The fraction of sp³-hybridized carbons (Fsp3) is 0.233. The zero-order valence-corrected chi connectivity index (χ0v) is 23.5. The quantitative estimate of drug-likeness (QED) is 0.171. The van der Waals surface area contributed by atoms with Gasteiger partial charge in [0.2, 0.25) is 5.75 Å². The third-order valence-electron chi connectivity index (χ3n) is 6.87. The van der Waals surface area contributed by atoms with Gasteiger partial charge in [0.05, 0.1) is 50.3 Å². The fourth-order valence-electron chi connectivity index (χ4n) is 4.79. The van der Waals surface area contributed by atoms with Gasteiger partial charge in [-0.1, -0.05) is 24.3 Å². The van der Waals surface area contributed by atoms with E-state index in [1.807, 2.05) is 18.2 Å². The first-order chi connectivity index (χ1) is 19.3. The Bertz CT molecular complexity index is 1620. The molecule has 0 saturated carbocycles. The number of aliphatic hydroxyl groups is 1. The number of thiazole rings is 1. The lowest BCUT2D eigenvalue weighted by Gasteiger charge is -2.24. The molecule has 0 radical (unpaired) electrons. The summed E-state index contributed by atoms with van der Waals surface area (Å²) in [5.74, 6) is -0.347. The Morgan fingerprint density at radius 3 is 2.17 bits per heavy atom. The van der Waals surface area contributed by atoms with Crippen LogP contribution in [0.25, 0.3) is 16.0 Å². The number of carbonyl (C=O) groups is 2. The normalized spacial score (nSPS) is 16.4. The average molecular weight is 561 g/mol. The minimum absolute atomic E-state index is 0.0852. The second-order valence-corrected chi connectivity index (χ2v) is 10.0. The summed E-state index contributed by atoms with van der Waals surface area (Å²) in [5.41, 5.74) is 2.58. The Labute approximate surface area is 235 Å². The molecule has 0 spiro atoms. The SMILES string of the molecule is CCc1ccc2nc(N3C(=O)C(=O)/C(=C(/O)c4ccc(OC)cc4)C3c3cc(OC)c(OC)c(OC)c3)sc2c1. The smallest absolute Gasteiger partial charge is 0.301 e. The Balaban J connectivity index is 1.76. The molecule has 1 aliphatic rings. The zero-order valence-electron chi connectivity index (χ0n) is 22.7. The molecule has 9 nitrogen and oxygen atoms in total. The number of carbonyl (C=O) groups excluding carboxylic acids is 2. The number of rotatable bonds is 8. The number of hydrogen-bond donors (Lipinski definition) is 1. The van der Waals surface area contributed by atoms with Gasteiger partial charge in [0.25, 0.3) is 5.78 Å². The molecule has 1 aromatic heterocycles. The molecular weight excluding hydrogens is 532 g/mol. The minimum atomic E-state index is -1.03. The van der Waals surface area contributed by atoms with Gasteiger partial charge in [0, 0.05) is 5.56 Å². The van der Waals surface area contributed by atoms with Crippen LogP contribution < -0.4 is 23.8 Å². The lowest BCUT2D eigenvalue weighted by molar-refractivity contribution is -0.132. The molecule has 0 aliphatic carbocycles. The number of ketones is 1. The Morgan fingerprint density at radius 2 is 1.60 bits per heavy atom. The van der Waals surface area contributed by atoms with E-state index in [4.69, 9.17) is 23.9 Å². The summed E-state index contributed by atoms with van der Waals surface area (Å²) in [6.45, 7) is 2.06. The number of aryl methyl sites for hydroxylation is 1. The van der Waals surface area contributed by atoms with Gasteiger partial charge in [-0.3, -0.25) is 14.5 Å². The molecule has 1 unspecified atom stereocenters. The zero-order chi connectivity index (χ0) is 28.6. The fourth-order valence-corrected chi connectivity index (χ4v) is 5.84. The maximum absolute atomic E-state index is 13.7. The van der Waals surface area contributed by atoms with E-state index >= 15 is 0 Å². The number of methoxy groups -OCH3 is 4. The van der Waals surface area contributed by atoms with Crippen LogP contribution in [-0.4, -0.2) is 50.2 Å². The van der Waals surface area contributed by atoms with E-state index in [2.05, 4.69) is 6.92 Å². The van der Waals surface area contributed by atoms with Crippen molar-refractivity contribution in [1.82, 2.24) is 4.98 Å². The number of amides is 1. The topological polar surface area (TPSA) is 107 Å². The first-order valence-corrected chi connectivity index (χ1v) is 13.3. The van der Waals surface area contributed by atoms with Crippen molar-refractivity contribution in [1.29, 1.82) is 0 Å². The van der Waals surface area contributed by atoms with Gasteiger partial charge in [-0.15, -0.1) is 0 Å². The molecule has 1 saturated heterocycles. The third kappa shape index (κ3) is 4.50. The molecular formula is C30H28N2O7S. The first kappa shape index (κ1) is 27.0. The maximum atomic E-state index is 13.7. The summed E-state index contributed by atoms with van der Waals surface area (Å²) in [6.07, 6.45) is 0.848. The van der Waals surface area contributed by atoms with Crippen molar-refractivity contribution in [2.75, 3.05) is 33.3 Å². The van der Waals surface area contributed by atoms with Crippen LogP contribution in [0, 0.1) is 0 Å². The molecule has 40 heavy (non-hydrogen) atoms. The number of nitrogens with zero attached hydrogens (tertiary/aromatic N) is 2. The monoisotopic (exact) mass is 560 g/mol. The van der Waals surface area contributed by atoms with Crippen molar-refractivity contribution < 1.29 is 33.6 Å². The van der Waals surface area contributed by atoms with Gasteiger partial charge >= 0.3 is 5.91 Å². The number of hydrogen-bond acceptors (Lipinski definition) is 9. The van der Waals surface area contributed by atoms with E-state index in [0.29, 0.717) is 44.8 Å². The van der Waals surface area contributed by atoms with Gasteiger partial charge in [-0.25, -0.2) is 4.98 Å². The largest absolute Gasteiger partial charge is 0.507 e. The van der Waals surface area contributed by atoms with Gasteiger partial charge in [-0.05, 0) is 66.1 Å². The molecule has 2 heterocycles. The molecule has 1 amide bonds.